The average Bonchev–Trinajstić information content (AvgIpc) is 2.50. The van der Waals surface area contributed by atoms with E-state index in [2.05, 4.69) is 26.1 Å². The molecule has 1 heterocycles. The van der Waals surface area contributed by atoms with Crippen LogP contribution in [0, 0.1) is 18.7 Å². The fourth-order valence-electron chi connectivity index (χ4n) is 2.94. The van der Waals surface area contributed by atoms with Gasteiger partial charge in [-0.1, -0.05) is 15.9 Å². The van der Waals surface area contributed by atoms with Gasteiger partial charge in [-0.3, -0.25) is 4.90 Å². The molecule has 1 aliphatic rings. The van der Waals surface area contributed by atoms with Crippen molar-refractivity contribution in [2.24, 2.45) is 5.92 Å². The van der Waals surface area contributed by atoms with Gasteiger partial charge in [-0.15, -0.1) is 0 Å². The second-order valence-corrected chi connectivity index (χ2v) is 8.65. The van der Waals surface area contributed by atoms with Crippen LogP contribution >= 0.6 is 15.9 Å². The number of rotatable bonds is 4. The molecule has 0 radical (unpaired) electrons. The number of benzene rings is 1. The van der Waals surface area contributed by atoms with Crippen LogP contribution in [-0.2, 0) is 11.3 Å². The Bertz CT molecular complexity index is 608. The highest BCUT2D eigenvalue weighted by Crippen LogP contribution is 2.25. The molecule has 1 aromatic carbocycles. The van der Waals surface area contributed by atoms with E-state index in [1.807, 2.05) is 26.8 Å². The number of carbonyl (C=O) groups excluding carboxylic acids is 1. The third kappa shape index (κ3) is 6.59. The third-order valence-corrected chi connectivity index (χ3v) is 5.10. The Hall–Kier alpha value is -1.14. The molecule has 0 atom stereocenters. The summed E-state index contributed by atoms with van der Waals surface area (Å²) in [5, 5.41) is 2.86. The summed E-state index contributed by atoms with van der Waals surface area (Å²) >= 11 is 3.53. The molecule has 1 saturated heterocycles. The quantitative estimate of drug-likeness (QED) is 0.780. The molecular weight excluding hydrogens is 387 g/mol. The largest absolute Gasteiger partial charge is 0.444 e. The molecule has 1 amide bonds. The van der Waals surface area contributed by atoms with Gasteiger partial charge in [-0.05, 0) is 82.8 Å². The molecule has 0 aliphatic carbocycles. The van der Waals surface area contributed by atoms with E-state index >= 15 is 0 Å². The molecule has 0 unspecified atom stereocenters. The number of carbonyl (C=O) groups is 1. The number of aryl methyl sites for hydroxylation is 1. The van der Waals surface area contributed by atoms with Crippen molar-refractivity contribution in [3.63, 3.8) is 0 Å². The van der Waals surface area contributed by atoms with Crippen LogP contribution in [0.5, 0.6) is 0 Å². The van der Waals surface area contributed by atoms with Gasteiger partial charge in [0, 0.05) is 17.6 Å². The molecule has 2 rings (SSSR count). The van der Waals surface area contributed by atoms with E-state index in [0.29, 0.717) is 18.0 Å². The van der Waals surface area contributed by atoms with E-state index in [1.54, 1.807) is 13.0 Å². The number of ether oxygens (including phenoxy) is 1. The predicted octanol–water partition coefficient (Wildman–Crippen LogP) is 4.63. The molecule has 0 bridgehead atoms. The summed E-state index contributed by atoms with van der Waals surface area (Å²) in [6.45, 7) is 10.6. The minimum atomic E-state index is -0.468. The summed E-state index contributed by atoms with van der Waals surface area (Å²) < 4.78 is 20.0. The highest BCUT2D eigenvalue weighted by Gasteiger charge is 2.22. The van der Waals surface area contributed by atoms with E-state index < -0.39 is 5.60 Å². The van der Waals surface area contributed by atoms with Crippen molar-refractivity contribution in [3.05, 3.63) is 33.5 Å². The highest BCUT2D eigenvalue weighted by molar-refractivity contribution is 9.10. The number of likely N-dealkylation sites (tertiary alicyclic amines) is 1. The van der Waals surface area contributed by atoms with Crippen LogP contribution < -0.4 is 5.32 Å². The number of hydrogen-bond acceptors (Lipinski definition) is 3. The highest BCUT2D eigenvalue weighted by atomic mass is 79.9. The average molecular weight is 415 g/mol. The van der Waals surface area contributed by atoms with Crippen LogP contribution in [0.1, 0.15) is 44.7 Å². The fraction of sp³-hybridized carbons (Fsp3) is 0.632. The molecule has 1 N–H and O–H groups in total. The Labute approximate surface area is 158 Å². The Balaban J connectivity index is 1.76. The van der Waals surface area contributed by atoms with Crippen LogP contribution in [0.4, 0.5) is 9.18 Å². The standard InChI is InChI=1S/C19H28BrFN2O2/c1-13-9-16(20)15(10-17(13)21)12-23-7-5-14(6-8-23)11-22-18(24)25-19(2,3)4/h9-10,14H,5-8,11-12H2,1-4H3,(H,22,24). The number of piperidine rings is 1. The normalized spacial score (nSPS) is 16.7. The number of nitrogens with zero attached hydrogens (tertiary/aromatic N) is 1. The zero-order valence-corrected chi connectivity index (χ0v) is 17.1. The molecule has 4 nitrogen and oxygen atoms in total. The molecule has 1 fully saturated rings. The monoisotopic (exact) mass is 414 g/mol. The lowest BCUT2D eigenvalue weighted by Gasteiger charge is -2.32. The number of hydrogen-bond donors (Lipinski definition) is 1. The lowest BCUT2D eigenvalue weighted by atomic mass is 9.96. The van der Waals surface area contributed by atoms with E-state index in [1.165, 1.54) is 0 Å². The molecule has 0 aromatic heterocycles. The summed E-state index contributed by atoms with van der Waals surface area (Å²) in [5.41, 5.74) is 1.17. The third-order valence-electron chi connectivity index (χ3n) is 4.36. The van der Waals surface area contributed by atoms with Crippen LogP contribution in [0.25, 0.3) is 0 Å². The first-order chi connectivity index (χ1) is 11.6. The van der Waals surface area contributed by atoms with Crippen molar-refractivity contribution >= 4 is 22.0 Å². The first-order valence-corrected chi connectivity index (χ1v) is 9.57. The van der Waals surface area contributed by atoms with Crippen molar-refractivity contribution in [1.29, 1.82) is 0 Å². The smallest absolute Gasteiger partial charge is 0.407 e. The van der Waals surface area contributed by atoms with Gasteiger partial charge in [0.1, 0.15) is 11.4 Å². The van der Waals surface area contributed by atoms with Crippen molar-refractivity contribution in [2.45, 2.75) is 52.7 Å². The summed E-state index contributed by atoms with van der Waals surface area (Å²) in [7, 11) is 0. The summed E-state index contributed by atoms with van der Waals surface area (Å²) in [4.78, 5) is 14.1. The van der Waals surface area contributed by atoms with Crippen molar-refractivity contribution < 1.29 is 13.9 Å². The van der Waals surface area contributed by atoms with Crippen molar-refractivity contribution in [1.82, 2.24) is 10.2 Å². The molecule has 1 aliphatic heterocycles. The molecular formula is C19H28BrFN2O2. The molecule has 6 heteroatoms. The molecule has 0 saturated carbocycles. The van der Waals surface area contributed by atoms with E-state index in [-0.39, 0.29) is 11.9 Å². The van der Waals surface area contributed by atoms with Crippen molar-refractivity contribution in [3.8, 4) is 0 Å². The van der Waals surface area contributed by atoms with Gasteiger partial charge in [0.15, 0.2) is 0 Å². The number of amides is 1. The van der Waals surface area contributed by atoms with E-state index in [9.17, 15) is 9.18 Å². The lowest BCUT2D eigenvalue weighted by Crippen LogP contribution is -2.40. The maximum atomic E-state index is 13.8. The summed E-state index contributed by atoms with van der Waals surface area (Å²) in [6, 6.07) is 3.46. The fourth-order valence-corrected chi connectivity index (χ4v) is 3.52. The number of halogens is 2. The Morgan fingerprint density at radius 3 is 2.60 bits per heavy atom. The van der Waals surface area contributed by atoms with E-state index in [0.717, 1.165) is 42.5 Å². The molecule has 0 spiro atoms. The Kier molecular flexibility index (Phi) is 6.86. The van der Waals surface area contributed by atoms with Crippen molar-refractivity contribution in [2.75, 3.05) is 19.6 Å². The predicted molar refractivity (Wildman–Crippen MR) is 101 cm³/mol. The summed E-state index contributed by atoms with van der Waals surface area (Å²) in [5.74, 6) is 0.302. The van der Waals surface area contributed by atoms with Crippen LogP contribution in [0.15, 0.2) is 16.6 Å². The minimum Gasteiger partial charge on any atom is -0.444 e. The van der Waals surface area contributed by atoms with Crippen LogP contribution in [-0.4, -0.2) is 36.2 Å². The molecule has 1 aromatic rings. The van der Waals surface area contributed by atoms with Gasteiger partial charge >= 0.3 is 6.09 Å². The van der Waals surface area contributed by atoms with Crippen LogP contribution in [0.3, 0.4) is 0 Å². The molecule has 25 heavy (non-hydrogen) atoms. The first kappa shape index (κ1) is 20.2. The van der Waals surface area contributed by atoms with Gasteiger partial charge in [-0.25, -0.2) is 9.18 Å². The van der Waals surface area contributed by atoms with Gasteiger partial charge < -0.3 is 10.1 Å². The van der Waals surface area contributed by atoms with Gasteiger partial charge in [0.05, 0.1) is 0 Å². The SMILES string of the molecule is Cc1cc(Br)c(CN2CCC(CNC(=O)OC(C)(C)C)CC2)cc1F. The second-order valence-electron chi connectivity index (χ2n) is 7.80. The second kappa shape index (κ2) is 8.49. The summed E-state index contributed by atoms with van der Waals surface area (Å²) in [6.07, 6.45) is 1.68. The molecule has 140 valence electrons. The first-order valence-electron chi connectivity index (χ1n) is 8.78. The van der Waals surface area contributed by atoms with E-state index in [4.69, 9.17) is 4.74 Å². The van der Waals surface area contributed by atoms with Gasteiger partial charge in [0.2, 0.25) is 0 Å². The Morgan fingerprint density at radius 2 is 2.00 bits per heavy atom. The number of nitrogens with one attached hydrogen (secondary N) is 1. The topological polar surface area (TPSA) is 41.6 Å². The lowest BCUT2D eigenvalue weighted by molar-refractivity contribution is 0.0509. The zero-order chi connectivity index (χ0) is 18.6. The van der Waals surface area contributed by atoms with Gasteiger partial charge in [-0.2, -0.15) is 0 Å². The minimum absolute atomic E-state index is 0.158. The zero-order valence-electron chi connectivity index (χ0n) is 15.5. The number of alkyl carbamates (subject to hydrolysis) is 1. The maximum Gasteiger partial charge on any atom is 0.407 e. The van der Waals surface area contributed by atoms with Crippen LogP contribution in [0.2, 0.25) is 0 Å². The Morgan fingerprint density at radius 1 is 1.36 bits per heavy atom. The maximum absolute atomic E-state index is 13.8. The van der Waals surface area contributed by atoms with Gasteiger partial charge in [0.25, 0.3) is 0 Å².